The van der Waals surface area contributed by atoms with Crippen molar-refractivity contribution in [2.45, 2.75) is 0 Å². The standard InChI is InChI=1S/C14H12N4O2/c1-20-13-5-4-11(9-15-13)17-14(19)10-7-12-3-2-6-18(12)16-8-10/h2-9H,1H3,(H,17,19). The van der Waals surface area contributed by atoms with Gasteiger partial charge in [0.25, 0.3) is 5.91 Å². The molecule has 0 atom stereocenters. The minimum absolute atomic E-state index is 0.229. The lowest BCUT2D eigenvalue weighted by Gasteiger charge is -2.05. The van der Waals surface area contributed by atoms with Crippen molar-refractivity contribution in [1.82, 2.24) is 14.6 Å². The Morgan fingerprint density at radius 1 is 1.30 bits per heavy atom. The quantitative estimate of drug-likeness (QED) is 0.788. The van der Waals surface area contributed by atoms with Crippen LogP contribution in [0.5, 0.6) is 5.88 Å². The van der Waals surface area contributed by atoms with Crippen molar-refractivity contribution in [2.24, 2.45) is 0 Å². The lowest BCUT2D eigenvalue weighted by Crippen LogP contribution is -2.13. The molecule has 0 aromatic carbocycles. The van der Waals surface area contributed by atoms with E-state index in [2.05, 4.69) is 15.4 Å². The number of carbonyl (C=O) groups is 1. The highest BCUT2D eigenvalue weighted by molar-refractivity contribution is 6.04. The van der Waals surface area contributed by atoms with Gasteiger partial charge in [-0.2, -0.15) is 5.10 Å². The van der Waals surface area contributed by atoms with E-state index < -0.39 is 0 Å². The van der Waals surface area contributed by atoms with Crippen LogP contribution in [0, 0.1) is 0 Å². The van der Waals surface area contributed by atoms with E-state index in [4.69, 9.17) is 4.74 Å². The third-order valence-corrected chi connectivity index (χ3v) is 2.85. The molecule has 3 aromatic rings. The van der Waals surface area contributed by atoms with Crippen molar-refractivity contribution in [1.29, 1.82) is 0 Å². The Bertz CT molecular complexity index is 749. The van der Waals surface area contributed by atoms with Gasteiger partial charge < -0.3 is 10.1 Å². The number of nitrogens with zero attached hydrogens (tertiary/aromatic N) is 3. The van der Waals surface area contributed by atoms with Gasteiger partial charge in [0.05, 0.1) is 36.3 Å². The summed E-state index contributed by atoms with van der Waals surface area (Å²) in [6.45, 7) is 0. The fourth-order valence-corrected chi connectivity index (χ4v) is 1.83. The molecule has 0 saturated heterocycles. The second-order valence-corrected chi connectivity index (χ2v) is 4.17. The van der Waals surface area contributed by atoms with E-state index in [1.165, 1.54) is 6.20 Å². The van der Waals surface area contributed by atoms with Crippen LogP contribution in [0.25, 0.3) is 5.52 Å². The Balaban J connectivity index is 1.80. The maximum atomic E-state index is 12.1. The smallest absolute Gasteiger partial charge is 0.257 e. The molecule has 0 unspecified atom stereocenters. The molecule has 0 spiro atoms. The first-order valence-corrected chi connectivity index (χ1v) is 6.01. The van der Waals surface area contributed by atoms with Gasteiger partial charge >= 0.3 is 0 Å². The zero-order chi connectivity index (χ0) is 13.9. The Morgan fingerprint density at radius 2 is 2.20 bits per heavy atom. The molecule has 20 heavy (non-hydrogen) atoms. The summed E-state index contributed by atoms with van der Waals surface area (Å²) in [5.74, 6) is 0.271. The fourth-order valence-electron chi connectivity index (χ4n) is 1.83. The van der Waals surface area contributed by atoms with Gasteiger partial charge in [0, 0.05) is 12.3 Å². The van der Waals surface area contributed by atoms with Crippen LogP contribution < -0.4 is 10.1 Å². The van der Waals surface area contributed by atoms with E-state index in [0.717, 1.165) is 5.52 Å². The first-order valence-electron chi connectivity index (χ1n) is 6.01. The number of methoxy groups -OCH3 is 1. The maximum Gasteiger partial charge on any atom is 0.257 e. The average Bonchev–Trinajstić information content (AvgIpc) is 2.95. The number of aromatic nitrogens is 3. The number of fused-ring (bicyclic) bond motifs is 1. The number of ether oxygens (including phenoxy) is 1. The molecule has 0 bridgehead atoms. The molecule has 6 nitrogen and oxygen atoms in total. The molecule has 0 saturated carbocycles. The third kappa shape index (κ3) is 2.31. The summed E-state index contributed by atoms with van der Waals surface area (Å²) in [6, 6.07) is 8.95. The van der Waals surface area contributed by atoms with Gasteiger partial charge in [-0.05, 0) is 24.3 Å². The van der Waals surface area contributed by atoms with Crippen LogP contribution in [0.4, 0.5) is 5.69 Å². The number of hydrogen-bond donors (Lipinski definition) is 1. The first kappa shape index (κ1) is 12.2. The van der Waals surface area contributed by atoms with Crippen LogP contribution in [0.3, 0.4) is 0 Å². The summed E-state index contributed by atoms with van der Waals surface area (Å²) < 4.78 is 6.66. The zero-order valence-corrected chi connectivity index (χ0v) is 10.8. The van der Waals surface area contributed by atoms with E-state index in [-0.39, 0.29) is 5.91 Å². The van der Waals surface area contributed by atoms with Crippen LogP contribution in [0.2, 0.25) is 0 Å². The van der Waals surface area contributed by atoms with Crippen molar-refractivity contribution in [3.63, 3.8) is 0 Å². The summed E-state index contributed by atoms with van der Waals surface area (Å²) in [5.41, 5.74) is 1.96. The number of anilines is 1. The van der Waals surface area contributed by atoms with Crippen LogP contribution in [-0.4, -0.2) is 27.6 Å². The summed E-state index contributed by atoms with van der Waals surface area (Å²) in [7, 11) is 1.54. The Labute approximate surface area is 115 Å². The number of carbonyl (C=O) groups excluding carboxylic acids is 1. The molecular formula is C14H12N4O2. The first-order chi connectivity index (χ1) is 9.76. The lowest BCUT2D eigenvalue weighted by atomic mass is 10.2. The van der Waals surface area contributed by atoms with Gasteiger partial charge in [-0.1, -0.05) is 0 Å². The van der Waals surface area contributed by atoms with E-state index in [9.17, 15) is 4.79 Å². The molecule has 0 aliphatic carbocycles. The Hall–Kier alpha value is -2.89. The fraction of sp³-hybridized carbons (Fsp3) is 0.0714. The molecule has 100 valence electrons. The molecule has 3 aromatic heterocycles. The van der Waals surface area contributed by atoms with E-state index >= 15 is 0 Å². The minimum Gasteiger partial charge on any atom is -0.481 e. The van der Waals surface area contributed by atoms with Crippen molar-refractivity contribution < 1.29 is 9.53 Å². The van der Waals surface area contributed by atoms with Crippen molar-refractivity contribution in [3.8, 4) is 5.88 Å². The monoisotopic (exact) mass is 268 g/mol. The number of nitrogens with one attached hydrogen (secondary N) is 1. The molecule has 3 rings (SSSR count). The van der Waals surface area contributed by atoms with Gasteiger partial charge in [0.1, 0.15) is 0 Å². The molecule has 6 heteroatoms. The van der Waals surface area contributed by atoms with Crippen LogP contribution in [0.1, 0.15) is 10.4 Å². The number of amides is 1. The zero-order valence-electron chi connectivity index (χ0n) is 10.8. The van der Waals surface area contributed by atoms with Crippen molar-refractivity contribution in [2.75, 3.05) is 12.4 Å². The highest BCUT2D eigenvalue weighted by Crippen LogP contribution is 2.13. The number of hydrogen-bond acceptors (Lipinski definition) is 4. The average molecular weight is 268 g/mol. The molecular weight excluding hydrogens is 256 g/mol. The molecule has 0 aliphatic heterocycles. The summed E-state index contributed by atoms with van der Waals surface area (Å²) >= 11 is 0. The largest absolute Gasteiger partial charge is 0.481 e. The van der Waals surface area contributed by atoms with E-state index in [1.54, 1.807) is 36.0 Å². The van der Waals surface area contributed by atoms with Crippen molar-refractivity contribution >= 4 is 17.1 Å². The lowest BCUT2D eigenvalue weighted by molar-refractivity contribution is 0.102. The third-order valence-electron chi connectivity index (χ3n) is 2.85. The highest BCUT2D eigenvalue weighted by atomic mass is 16.5. The minimum atomic E-state index is -0.229. The number of rotatable bonds is 3. The van der Waals surface area contributed by atoms with Gasteiger partial charge in [-0.3, -0.25) is 4.79 Å². The Kier molecular flexibility index (Phi) is 3.04. The maximum absolute atomic E-state index is 12.1. The second kappa shape index (κ2) is 5.00. The molecule has 0 aliphatic rings. The molecule has 1 N–H and O–H groups in total. The van der Waals surface area contributed by atoms with Gasteiger partial charge in [-0.25, -0.2) is 9.50 Å². The summed E-state index contributed by atoms with van der Waals surface area (Å²) in [6.07, 6.45) is 4.89. The van der Waals surface area contributed by atoms with E-state index in [1.807, 2.05) is 18.3 Å². The van der Waals surface area contributed by atoms with Crippen LogP contribution >= 0.6 is 0 Å². The molecule has 0 fully saturated rings. The summed E-state index contributed by atoms with van der Waals surface area (Å²) in [5, 5.41) is 6.91. The molecule has 0 radical (unpaired) electrons. The SMILES string of the molecule is COc1ccc(NC(=O)c2cnn3cccc3c2)cn1. The van der Waals surface area contributed by atoms with E-state index in [0.29, 0.717) is 17.1 Å². The topological polar surface area (TPSA) is 68.5 Å². The highest BCUT2D eigenvalue weighted by Gasteiger charge is 2.08. The van der Waals surface area contributed by atoms with Gasteiger partial charge in [-0.15, -0.1) is 0 Å². The molecule has 3 heterocycles. The molecule has 1 amide bonds. The van der Waals surface area contributed by atoms with Crippen LogP contribution in [-0.2, 0) is 0 Å². The van der Waals surface area contributed by atoms with Crippen LogP contribution in [0.15, 0.2) is 48.9 Å². The predicted molar refractivity (Wildman–Crippen MR) is 73.9 cm³/mol. The van der Waals surface area contributed by atoms with Gasteiger partial charge in [0.2, 0.25) is 5.88 Å². The van der Waals surface area contributed by atoms with Gasteiger partial charge in [0.15, 0.2) is 0 Å². The number of pyridine rings is 1. The van der Waals surface area contributed by atoms with Crippen molar-refractivity contribution in [3.05, 3.63) is 54.5 Å². The normalized spacial score (nSPS) is 10.4. The second-order valence-electron chi connectivity index (χ2n) is 4.17. The Morgan fingerprint density at radius 3 is 2.95 bits per heavy atom. The summed E-state index contributed by atoms with van der Waals surface area (Å²) in [4.78, 5) is 16.1. The predicted octanol–water partition coefficient (Wildman–Crippen LogP) is 1.99.